The molecule has 0 amide bonds. The van der Waals surface area contributed by atoms with Crippen LogP contribution in [0.5, 0.6) is 0 Å². The molecular formula is C19H19NO3S. The zero-order valence-corrected chi connectivity index (χ0v) is 14.2. The van der Waals surface area contributed by atoms with E-state index in [0.717, 1.165) is 0 Å². The minimum absolute atomic E-state index is 0.423. The first-order valence-electron chi connectivity index (χ1n) is 7.45. The lowest BCUT2D eigenvalue weighted by Crippen LogP contribution is -2.28. The normalized spacial score (nSPS) is 10.6. The van der Waals surface area contributed by atoms with Gasteiger partial charge in [0.1, 0.15) is 0 Å². The number of hydrogen-bond acceptors (Lipinski definition) is 3. The van der Waals surface area contributed by atoms with E-state index in [1.807, 2.05) is 18.2 Å². The molecule has 5 heteroatoms. The molecule has 24 heavy (non-hydrogen) atoms. The molecule has 0 aliphatic heterocycles. The third kappa shape index (κ3) is 6.32. The summed E-state index contributed by atoms with van der Waals surface area (Å²) in [4.78, 5) is 0. The van der Waals surface area contributed by atoms with Crippen LogP contribution < -0.4 is 4.57 Å². The van der Waals surface area contributed by atoms with Crippen molar-refractivity contribution in [3.63, 3.8) is 0 Å². The fourth-order valence-electron chi connectivity index (χ4n) is 2.05. The number of para-hydroxylation sites is 1. The van der Waals surface area contributed by atoms with Crippen molar-refractivity contribution in [2.24, 2.45) is 0 Å². The second kappa shape index (κ2) is 8.38. The van der Waals surface area contributed by atoms with Crippen LogP contribution in [0.4, 0.5) is 0 Å². The summed E-state index contributed by atoms with van der Waals surface area (Å²) in [6, 6.07) is 22.9. The lowest BCUT2D eigenvalue weighted by molar-refractivity contribution is -0.595. The van der Waals surface area contributed by atoms with Gasteiger partial charge < -0.3 is 4.55 Å². The van der Waals surface area contributed by atoms with Crippen molar-refractivity contribution in [2.75, 3.05) is 0 Å². The average Bonchev–Trinajstić information content (AvgIpc) is 2.56. The minimum atomic E-state index is -4.13. The van der Waals surface area contributed by atoms with Crippen LogP contribution in [-0.2, 0) is 15.9 Å². The number of rotatable bonds is 3. The Labute approximate surface area is 142 Å². The Balaban J connectivity index is 0.000000177. The highest BCUT2D eigenvalue weighted by atomic mass is 32.2. The summed E-state index contributed by atoms with van der Waals surface area (Å²) in [5, 5.41) is 0. The molecule has 0 aliphatic rings. The second-order valence-electron chi connectivity index (χ2n) is 5.31. The molecule has 0 saturated carbocycles. The van der Waals surface area contributed by atoms with Gasteiger partial charge in [0.2, 0.25) is 5.69 Å². The topological polar surface area (TPSA) is 61.1 Å². The number of hydrogen-bond donors (Lipinski definition) is 0. The SMILES string of the molecule is Cc1cc[n+](-c2ccccc2)cc1.O=S(=O)([O-])Cc1ccccc1. The lowest BCUT2D eigenvalue weighted by atomic mass is 10.2. The predicted molar refractivity (Wildman–Crippen MR) is 92.6 cm³/mol. The monoisotopic (exact) mass is 341 g/mol. The average molecular weight is 341 g/mol. The van der Waals surface area contributed by atoms with E-state index in [2.05, 4.69) is 48.1 Å². The van der Waals surface area contributed by atoms with Crippen molar-refractivity contribution in [2.45, 2.75) is 12.7 Å². The van der Waals surface area contributed by atoms with Gasteiger partial charge in [0.05, 0.1) is 15.9 Å². The van der Waals surface area contributed by atoms with Crippen LogP contribution >= 0.6 is 0 Å². The summed E-state index contributed by atoms with van der Waals surface area (Å²) in [6.07, 6.45) is 4.15. The van der Waals surface area contributed by atoms with E-state index < -0.39 is 15.9 Å². The Bertz CT molecular complexity index is 846. The number of nitrogens with zero attached hydrogens (tertiary/aromatic N) is 1. The first-order valence-corrected chi connectivity index (χ1v) is 9.02. The van der Waals surface area contributed by atoms with Crippen LogP contribution in [0.15, 0.2) is 85.2 Å². The molecular weight excluding hydrogens is 322 g/mol. The zero-order chi connectivity index (χ0) is 17.4. The number of aryl methyl sites for hydroxylation is 1. The van der Waals surface area contributed by atoms with Crippen LogP contribution in [0.1, 0.15) is 11.1 Å². The fraction of sp³-hybridized carbons (Fsp3) is 0.105. The van der Waals surface area contributed by atoms with E-state index in [9.17, 15) is 13.0 Å². The van der Waals surface area contributed by atoms with Crippen molar-refractivity contribution < 1.29 is 17.5 Å². The maximum absolute atomic E-state index is 10.2. The molecule has 0 spiro atoms. The molecule has 124 valence electrons. The van der Waals surface area contributed by atoms with Crippen molar-refractivity contribution in [3.05, 3.63) is 96.3 Å². The van der Waals surface area contributed by atoms with Crippen molar-refractivity contribution in [1.82, 2.24) is 0 Å². The fourth-order valence-corrected chi connectivity index (χ4v) is 2.65. The van der Waals surface area contributed by atoms with Crippen LogP contribution in [0, 0.1) is 6.92 Å². The van der Waals surface area contributed by atoms with Gasteiger partial charge in [-0.3, -0.25) is 0 Å². The second-order valence-corrected chi connectivity index (χ2v) is 6.71. The highest BCUT2D eigenvalue weighted by molar-refractivity contribution is 7.84. The Hall–Kier alpha value is -2.50. The largest absolute Gasteiger partial charge is 0.748 e. The molecule has 4 nitrogen and oxygen atoms in total. The highest BCUT2D eigenvalue weighted by Gasteiger charge is 2.01. The molecule has 0 fully saturated rings. The van der Waals surface area contributed by atoms with Gasteiger partial charge in [0.15, 0.2) is 12.4 Å². The molecule has 0 N–H and O–H groups in total. The minimum Gasteiger partial charge on any atom is -0.748 e. The van der Waals surface area contributed by atoms with Gasteiger partial charge in [-0.05, 0) is 18.1 Å². The molecule has 0 saturated heterocycles. The molecule has 1 heterocycles. The van der Waals surface area contributed by atoms with Gasteiger partial charge >= 0.3 is 0 Å². The molecule has 0 aliphatic carbocycles. The zero-order valence-electron chi connectivity index (χ0n) is 13.4. The number of benzene rings is 2. The molecule has 3 rings (SSSR count). The summed E-state index contributed by atoms with van der Waals surface area (Å²) in [5.41, 5.74) is 3.01. The Kier molecular flexibility index (Phi) is 6.23. The van der Waals surface area contributed by atoms with E-state index in [4.69, 9.17) is 0 Å². The van der Waals surface area contributed by atoms with Crippen molar-refractivity contribution in [1.29, 1.82) is 0 Å². The maximum atomic E-state index is 10.2. The quantitative estimate of drug-likeness (QED) is 0.543. The third-order valence-corrected chi connectivity index (χ3v) is 3.92. The highest BCUT2D eigenvalue weighted by Crippen LogP contribution is 2.02. The number of pyridine rings is 1. The Morgan fingerprint density at radius 1 is 0.833 bits per heavy atom. The molecule has 0 bridgehead atoms. The van der Waals surface area contributed by atoms with Gasteiger partial charge in [-0.2, -0.15) is 4.57 Å². The summed E-state index contributed by atoms with van der Waals surface area (Å²) in [5.74, 6) is -0.423. The molecule has 2 aromatic carbocycles. The molecule has 0 atom stereocenters. The van der Waals surface area contributed by atoms with E-state index in [0.29, 0.717) is 5.56 Å². The molecule has 0 unspecified atom stereocenters. The maximum Gasteiger partial charge on any atom is 0.210 e. The predicted octanol–water partition coefficient (Wildman–Crippen LogP) is 3.00. The van der Waals surface area contributed by atoms with Crippen molar-refractivity contribution >= 4 is 10.1 Å². The summed E-state index contributed by atoms with van der Waals surface area (Å²) in [7, 11) is -4.13. The summed E-state index contributed by atoms with van der Waals surface area (Å²) in [6.45, 7) is 2.09. The first-order chi connectivity index (χ1) is 11.4. The molecule has 1 aromatic heterocycles. The first kappa shape index (κ1) is 17.8. The Morgan fingerprint density at radius 3 is 1.83 bits per heavy atom. The van der Waals surface area contributed by atoms with Crippen LogP contribution in [0.2, 0.25) is 0 Å². The van der Waals surface area contributed by atoms with E-state index >= 15 is 0 Å². The van der Waals surface area contributed by atoms with Gasteiger partial charge in [-0.15, -0.1) is 0 Å². The van der Waals surface area contributed by atoms with Gasteiger partial charge in [-0.1, -0.05) is 48.5 Å². The smallest absolute Gasteiger partial charge is 0.210 e. The third-order valence-electron chi connectivity index (χ3n) is 3.24. The van der Waals surface area contributed by atoms with Gasteiger partial charge in [0, 0.05) is 24.3 Å². The van der Waals surface area contributed by atoms with Crippen molar-refractivity contribution in [3.8, 4) is 5.69 Å². The van der Waals surface area contributed by atoms with Crippen LogP contribution in [0.25, 0.3) is 5.69 Å². The van der Waals surface area contributed by atoms with Gasteiger partial charge in [0.25, 0.3) is 0 Å². The summed E-state index contributed by atoms with van der Waals surface area (Å²) < 4.78 is 32.8. The molecule has 3 aromatic rings. The standard InChI is InChI=1S/C12H12N.C7H8O3S/c1-11-7-9-13(10-8-11)12-5-3-2-4-6-12;8-11(9,10)6-7-4-2-1-3-5-7/h2-10H,1H3;1-5H,6H2,(H,8,9,10)/q+1;/p-1. The van der Waals surface area contributed by atoms with Crippen LogP contribution in [-0.4, -0.2) is 13.0 Å². The lowest BCUT2D eigenvalue weighted by Gasteiger charge is -2.05. The van der Waals surface area contributed by atoms with Gasteiger partial charge in [-0.25, -0.2) is 8.42 Å². The molecule has 0 radical (unpaired) electrons. The van der Waals surface area contributed by atoms with E-state index in [1.165, 1.54) is 11.3 Å². The van der Waals surface area contributed by atoms with Crippen LogP contribution in [0.3, 0.4) is 0 Å². The Morgan fingerprint density at radius 2 is 1.33 bits per heavy atom. The van der Waals surface area contributed by atoms with E-state index in [-0.39, 0.29) is 0 Å². The summed E-state index contributed by atoms with van der Waals surface area (Å²) >= 11 is 0. The number of aromatic nitrogens is 1. The van der Waals surface area contributed by atoms with E-state index in [1.54, 1.807) is 30.3 Å².